The molecule has 1 aromatic heterocycles. The molecule has 2 saturated carbocycles. The Bertz CT molecular complexity index is 1140. The third-order valence-electron chi connectivity index (χ3n) is 9.90. The number of fused-ring (bicyclic) bond motifs is 5. The number of rotatable bonds is 3. The Hall–Kier alpha value is -2.68. The molecule has 3 nitrogen and oxygen atoms in total. The lowest BCUT2D eigenvalue weighted by molar-refractivity contribution is -0.0306. The third-order valence-corrected chi connectivity index (χ3v) is 9.90. The second kappa shape index (κ2) is 8.22. The lowest BCUT2D eigenvalue weighted by Crippen LogP contribution is -2.50. The summed E-state index contributed by atoms with van der Waals surface area (Å²) in [6.45, 7) is 5.03. The molecule has 4 aliphatic rings. The minimum Gasteiger partial charge on any atom is -0.458 e. The van der Waals surface area contributed by atoms with E-state index in [1.807, 2.05) is 42.7 Å². The predicted octanol–water partition coefficient (Wildman–Crippen LogP) is 7.26. The number of hydrogen-bond acceptors (Lipinski definition) is 3. The molecular weight excluding hydrogens is 418 g/mol. The van der Waals surface area contributed by atoms with Gasteiger partial charge in [-0.3, -0.25) is 4.98 Å². The number of pyridine rings is 1. The van der Waals surface area contributed by atoms with E-state index in [0.29, 0.717) is 11.5 Å². The molecule has 6 atom stereocenters. The molecule has 2 aromatic rings. The van der Waals surface area contributed by atoms with E-state index in [4.69, 9.17) is 4.74 Å². The Balaban J connectivity index is 1.20. The fraction of sp³-hybridized carbons (Fsp3) is 0.484. The summed E-state index contributed by atoms with van der Waals surface area (Å²) in [5.41, 5.74) is 5.54. The van der Waals surface area contributed by atoms with Crippen LogP contribution in [0.15, 0.2) is 72.6 Å². The maximum Gasteiger partial charge on any atom is 0.338 e. The van der Waals surface area contributed by atoms with Gasteiger partial charge in [0.15, 0.2) is 0 Å². The fourth-order valence-electron chi connectivity index (χ4n) is 8.06. The zero-order valence-electron chi connectivity index (χ0n) is 20.4. The molecule has 0 spiro atoms. The monoisotopic (exact) mass is 453 g/mol. The Kier molecular flexibility index (Phi) is 5.28. The van der Waals surface area contributed by atoms with Gasteiger partial charge in [0.25, 0.3) is 0 Å². The Morgan fingerprint density at radius 1 is 0.941 bits per heavy atom. The van der Waals surface area contributed by atoms with Crippen molar-refractivity contribution in [3.05, 3.63) is 83.7 Å². The first-order chi connectivity index (χ1) is 16.5. The first kappa shape index (κ1) is 21.8. The number of hydrogen-bond donors (Lipinski definition) is 0. The molecule has 0 bridgehead atoms. The van der Waals surface area contributed by atoms with Crippen LogP contribution in [0.2, 0.25) is 0 Å². The van der Waals surface area contributed by atoms with Crippen LogP contribution < -0.4 is 0 Å². The van der Waals surface area contributed by atoms with Crippen LogP contribution in [-0.2, 0) is 4.74 Å². The molecule has 1 aromatic carbocycles. The van der Waals surface area contributed by atoms with Crippen LogP contribution in [0.5, 0.6) is 0 Å². The molecular formula is C31H35NO2. The predicted molar refractivity (Wildman–Crippen MR) is 135 cm³/mol. The fourth-order valence-corrected chi connectivity index (χ4v) is 8.06. The van der Waals surface area contributed by atoms with Crippen molar-refractivity contribution >= 4 is 11.5 Å². The van der Waals surface area contributed by atoms with Gasteiger partial charge in [0, 0.05) is 18.8 Å². The van der Waals surface area contributed by atoms with Crippen molar-refractivity contribution in [1.29, 1.82) is 0 Å². The van der Waals surface area contributed by atoms with E-state index < -0.39 is 0 Å². The lowest BCUT2D eigenvalue weighted by Gasteiger charge is -2.57. The van der Waals surface area contributed by atoms with E-state index in [2.05, 4.69) is 43.1 Å². The SMILES string of the molecule is C[C@]12CC[C@H](OC(=O)c3ccccc3)CC1=CCC1C2CC[C@]2(C)C(c3cccnc3)=CCC12. The summed E-state index contributed by atoms with van der Waals surface area (Å²) in [6.07, 6.45) is 16.9. The minimum atomic E-state index is -0.183. The summed E-state index contributed by atoms with van der Waals surface area (Å²) in [6, 6.07) is 13.7. The van der Waals surface area contributed by atoms with Crippen LogP contribution in [0.25, 0.3) is 5.57 Å². The quantitative estimate of drug-likeness (QED) is 0.362. The summed E-state index contributed by atoms with van der Waals surface area (Å²) in [5.74, 6) is 2.00. The van der Waals surface area contributed by atoms with Gasteiger partial charge in [0.2, 0.25) is 0 Å². The maximum atomic E-state index is 12.6. The zero-order chi connectivity index (χ0) is 23.3. The van der Waals surface area contributed by atoms with Gasteiger partial charge in [-0.25, -0.2) is 4.79 Å². The summed E-state index contributed by atoms with van der Waals surface area (Å²) in [5, 5.41) is 0. The first-order valence-corrected chi connectivity index (χ1v) is 13.1. The van der Waals surface area contributed by atoms with Crippen molar-refractivity contribution in [2.24, 2.45) is 28.6 Å². The normalized spacial score (nSPS) is 36.4. The van der Waals surface area contributed by atoms with Crippen LogP contribution in [0.3, 0.4) is 0 Å². The number of carbonyl (C=O) groups is 1. The topological polar surface area (TPSA) is 39.2 Å². The Labute approximate surface area is 203 Å². The van der Waals surface area contributed by atoms with Crippen molar-refractivity contribution in [3.63, 3.8) is 0 Å². The van der Waals surface area contributed by atoms with Gasteiger partial charge in [0.1, 0.15) is 6.10 Å². The number of aromatic nitrogens is 1. The standard InChI is InChI=1S/C31H35NO2/c1-30-16-14-24(34-29(33)21-7-4-3-5-8-21)19-23(30)10-11-25-27-13-12-26(22-9-6-18-32-20-22)31(27,2)17-15-28(25)30/h3-10,12,18,20,24-25,27-28H,11,13-17,19H2,1-2H3/t24-,25?,27?,28?,30-,31+/m0/s1. The lowest BCUT2D eigenvalue weighted by atomic mass is 9.47. The molecule has 0 aliphatic heterocycles. The Morgan fingerprint density at radius 3 is 2.56 bits per heavy atom. The number of esters is 1. The molecule has 3 unspecified atom stereocenters. The highest BCUT2D eigenvalue weighted by Crippen LogP contribution is 2.66. The molecule has 0 N–H and O–H groups in total. The molecule has 0 saturated heterocycles. The molecule has 176 valence electrons. The molecule has 2 fully saturated rings. The Morgan fingerprint density at radius 2 is 1.76 bits per heavy atom. The van der Waals surface area contributed by atoms with E-state index in [9.17, 15) is 4.79 Å². The third kappa shape index (κ3) is 3.39. The van der Waals surface area contributed by atoms with Crippen LogP contribution in [0.4, 0.5) is 0 Å². The molecule has 0 radical (unpaired) electrons. The number of carbonyl (C=O) groups excluding carboxylic acids is 1. The largest absolute Gasteiger partial charge is 0.458 e. The zero-order valence-corrected chi connectivity index (χ0v) is 20.4. The van der Waals surface area contributed by atoms with Gasteiger partial charge < -0.3 is 4.74 Å². The number of allylic oxidation sites excluding steroid dienone is 3. The van der Waals surface area contributed by atoms with E-state index in [-0.39, 0.29) is 22.9 Å². The van der Waals surface area contributed by atoms with E-state index in [0.717, 1.165) is 31.1 Å². The van der Waals surface area contributed by atoms with Gasteiger partial charge in [-0.1, -0.05) is 55.8 Å². The average molecular weight is 454 g/mol. The van der Waals surface area contributed by atoms with Crippen molar-refractivity contribution in [2.45, 2.75) is 64.9 Å². The van der Waals surface area contributed by atoms with Gasteiger partial charge >= 0.3 is 5.97 Å². The smallest absolute Gasteiger partial charge is 0.338 e. The van der Waals surface area contributed by atoms with Gasteiger partial charge in [0.05, 0.1) is 5.56 Å². The number of nitrogens with zero attached hydrogens (tertiary/aromatic N) is 1. The average Bonchev–Trinajstić information content (AvgIpc) is 3.22. The van der Waals surface area contributed by atoms with Crippen LogP contribution >= 0.6 is 0 Å². The summed E-state index contributed by atoms with van der Waals surface area (Å²) in [4.78, 5) is 17.0. The highest BCUT2D eigenvalue weighted by atomic mass is 16.5. The van der Waals surface area contributed by atoms with Crippen LogP contribution in [0.1, 0.15) is 74.7 Å². The van der Waals surface area contributed by atoms with Crippen molar-refractivity contribution in [1.82, 2.24) is 4.98 Å². The summed E-state index contributed by atoms with van der Waals surface area (Å²) in [7, 11) is 0. The first-order valence-electron chi connectivity index (χ1n) is 13.1. The second-order valence-corrected chi connectivity index (χ2v) is 11.4. The van der Waals surface area contributed by atoms with Crippen molar-refractivity contribution in [2.75, 3.05) is 0 Å². The van der Waals surface area contributed by atoms with E-state index in [1.165, 1.54) is 36.8 Å². The van der Waals surface area contributed by atoms with Crippen LogP contribution in [-0.4, -0.2) is 17.1 Å². The molecule has 34 heavy (non-hydrogen) atoms. The van der Waals surface area contributed by atoms with Crippen LogP contribution in [0, 0.1) is 28.6 Å². The van der Waals surface area contributed by atoms with Crippen molar-refractivity contribution < 1.29 is 9.53 Å². The number of ether oxygens (including phenoxy) is 1. The molecule has 4 aliphatic carbocycles. The van der Waals surface area contributed by atoms with Gasteiger partial charge in [-0.2, -0.15) is 0 Å². The van der Waals surface area contributed by atoms with Gasteiger partial charge in [-0.05, 0) is 96.4 Å². The second-order valence-electron chi connectivity index (χ2n) is 11.4. The molecule has 0 amide bonds. The highest BCUT2D eigenvalue weighted by molar-refractivity contribution is 5.89. The molecule has 3 heteroatoms. The van der Waals surface area contributed by atoms with E-state index >= 15 is 0 Å². The molecule has 1 heterocycles. The molecule has 6 rings (SSSR count). The van der Waals surface area contributed by atoms with Crippen molar-refractivity contribution in [3.8, 4) is 0 Å². The van der Waals surface area contributed by atoms with E-state index in [1.54, 1.807) is 5.57 Å². The number of benzene rings is 1. The summed E-state index contributed by atoms with van der Waals surface area (Å²) < 4.78 is 5.96. The maximum absolute atomic E-state index is 12.6. The highest BCUT2D eigenvalue weighted by Gasteiger charge is 2.57. The summed E-state index contributed by atoms with van der Waals surface area (Å²) >= 11 is 0. The minimum absolute atomic E-state index is 0.00256. The van der Waals surface area contributed by atoms with Gasteiger partial charge in [-0.15, -0.1) is 0 Å².